The van der Waals surface area contributed by atoms with Gasteiger partial charge in [-0.05, 0) is 61.7 Å². The lowest BCUT2D eigenvalue weighted by Crippen LogP contribution is -2.26. The van der Waals surface area contributed by atoms with Crippen LogP contribution in [-0.2, 0) is 15.8 Å². The second-order valence-corrected chi connectivity index (χ2v) is 10.5. The molecule has 0 aliphatic heterocycles. The summed E-state index contributed by atoms with van der Waals surface area (Å²) >= 11 is 1.76. The van der Waals surface area contributed by atoms with E-state index < -0.39 is 10.0 Å². The number of benzene rings is 3. The van der Waals surface area contributed by atoms with Crippen LogP contribution in [0.25, 0.3) is 0 Å². The van der Waals surface area contributed by atoms with E-state index in [2.05, 4.69) is 29.1 Å². The van der Waals surface area contributed by atoms with Gasteiger partial charge in [-0.15, -0.1) is 0 Å². The van der Waals surface area contributed by atoms with Crippen LogP contribution in [0.15, 0.2) is 71.6 Å². The molecule has 3 aromatic rings. The zero-order valence-electron chi connectivity index (χ0n) is 18.5. The number of hydrogen-bond donors (Lipinski definition) is 2. The summed E-state index contributed by atoms with van der Waals surface area (Å²) in [6.45, 7) is 6.33. The summed E-state index contributed by atoms with van der Waals surface area (Å²) in [5.74, 6) is 1.47. The maximum absolute atomic E-state index is 12.7. The first kappa shape index (κ1) is 23.9. The number of rotatable bonds is 9. The third-order valence-electron chi connectivity index (χ3n) is 5.13. The monoisotopic (exact) mass is 468 g/mol. The minimum absolute atomic E-state index is 0.183. The Morgan fingerprint density at radius 1 is 0.906 bits per heavy atom. The molecule has 0 spiro atoms. The van der Waals surface area contributed by atoms with Crippen molar-refractivity contribution in [2.75, 3.05) is 17.0 Å². The summed E-state index contributed by atoms with van der Waals surface area (Å²) in [4.78, 5) is 12.8. The highest BCUT2D eigenvalue weighted by molar-refractivity contribution is 7.98. The minimum Gasteiger partial charge on any atom is -0.351 e. The molecule has 0 fully saturated rings. The average molecular weight is 469 g/mol. The molecule has 32 heavy (non-hydrogen) atoms. The molecule has 0 aromatic heterocycles. The highest BCUT2D eigenvalue weighted by Gasteiger charge is 2.16. The summed E-state index contributed by atoms with van der Waals surface area (Å²) in [5, 5.41) is 2.91. The first-order chi connectivity index (χ1) is 15.3. The Morgan fingerprint density at radius 3 is 2.34 bits per heavy atom. The molecule has 0 bridgehead atoms. The minimum atomic E-state index is -3.73. The van der Waals surface area contributed by atoms with Gasteiger partial charge in [0.1, 0.15) is 0 Å². The standard InChI is InChI=1S/C25H28N2O3S2/c1-18-8-12-23(13-9-18)32(29,30)27-24-16-21(11-10-20(24)3)25(28)26-14-15-31-17-22-7-5-4-6-19(22)2/h4-13,16,27H,14-15,17H2,1-3H3,(H,26,28). The lowest BCUT2D eigenvalue weighted by atomic mass is 10.1. The van der Waals surface area contributed by atoms with E-state index in [4.69, 9.17) is 0 Å². The maximum Gasteiger partial charge on any atom is 0.261 e. The Balaban J connectivity index is 1.57. The quantitative estimate of drug-likeness (QED) is 0.430. The Hall–Kier alpha value is -2.77. The van der Waals surface area contributed by atoms with Crippen molar-refractivity contribution in [3.05, 3.63) is 94.5 Å². The Kier molecular flexibility index (Phi) is 7.99. The van der Waals surface area contributed by atoms with E-state index in [9.17, 15) is 13.2 Å². The van der Waals surface area contributed by atoms with Crippen LogP contribution < -0.4 is 10.0 Å². The van der Waals surface area contributed by atoms with Gasteiger partial charge >= 0.3 is 0 Å². The van der Waals surface area contributed by atoms with Crippen LogP contribution in [0, 0.1) is 20.8 Å². The van der Waals surface area contributed by atoms with Crippen LogP contribution in [0.5, 0.6) is 0 Å². The highest BCUT2D eigenvalue weighted by Crippen LogP contribution is 2.22. The molecule has 3 aromatic carbocycles. The van der Waals surface area contributed by atoms with E-state index in [1.807, 2.05) is 19.1 Å². The van der Waals surface area contributed by atoms with Crippen LogP contribution in [-0.4, -0.2) is 26.6 Å². The summed E-state index contributed by atoms with van der Waals surface area (Å²) in [5.41, 5.74) is 5.10. The summed E-state index contributed by atoms with van der Waals surface area (Å²) in [7, 11) is -3.73. The van der Waals surface area contributed by atoms with Gasteiger partial charge in [-0.1, -0.05) is 48.0 Å². The number of amides is 1. The Labute approximate surface area is 194 Å². The van der Waals surface area contributed by atoms with Crippen molar-refractivity contribution >= 4 is 33.4 Å². The third kappa shape index (κ3) is 6.37. The number of aryl methyl sites for hydroxylation is 3. The number of nitrogens with one attached hydrogen (secondary N) is 2. The van der Waals surface area contributed by atoms with Crippen molar-refractivity contribution in [3.8, 4) is 0 Å². The number of carbonyl (C=O) groups is 1. The molecule has 0 saturated carbocycles. The molecule has 168 valence electrons. The Bertz CT molecular complexity index is 1190. The first-order valence-electron chi connectivity index (χ1n) is 10.4. The number of anilines is 1. The van der Waals surface area contributed by atoms with Crippen molar-refractivity contribution < 1.29 is 13.2 Å². The molecule has 0 atom stereocenters. The second-order valence-electron chi connectivity index (χ2n) is 7.68. The molecule has 3 rings (SSSR count). The summed E-state index contributed by atoms with van der Waals surface area (Å²) < 4.78 is 28.0. The van der Waals surface area contributed by atoms with Gasteiger partial charge < -0.3 is 5.32 Å². The summed E-state index contributed by atoms with van der Waals surface area (Å²) in [6.07, 6.45) is 0. The van der Waals surface area contributed by atoms with Gasteiger partial charge in [-0.25, -0.2) is 8.42 Å². The molecule has 0 saturated heterocycles. The van der Waals surface area contributed by atoms with Gasteiger partial charge in [0.2, 0.25) is 0 Å². The lowest BCUT2D eigenvalue weighted by Gasteiger charge is -2.13. The Morgan fingerprint density at radius 2 is 1.62 bits per heavy atom. The van der Waals surface area contributed by atoms with Gasteiger partial charge in [-0.3, -0.25) is 9.52 Å². The van der Waals surface area contributed by atoms with Crippen molar-refractivity contribution in [1.82, 2.24) is 5.32 Å². The molecule has 0 unspecified atom stereocenters. The zero-order valence-corrected chi connectivity index (χ0v) is 20.1. The SMILES string of the molecule is Cc1ccc(S(=O)(=O)Nc2cc(C(=O)NCCSCc3ccccc3C)ccc2C)cc1. The molecule has 2 N–H and O–H groups in total. The van der Waals surface area contributed by atoms with Gasteiger partial charge in [0.15, 0.2) is 0 Å². The molecule has 7 heteroatoms. The highest BCUT2D eigenvalue weighted by atomic mass is 32.2. The van der Waals surface area contributed by atoms with E-state index in [-0.39, 0.29) is 10.8 Å². The predicted molar refractivity (Wildman–Crippen MR) is 133 cm³/mol. The second kappa shape index (κ2) is 10.7. The zero-order chi connectivity index (χ0) is 23.1. The van der Waals surface area contributed by atoms with Crippen LogP contribution in [0.1, 0.15) is 32.6 Å². The van der Waals surface area contributed by atoms with Crippen molar-refractivity contribution in [2.24, 2.45) is 0 Å². The maximum atomic E-state index is 12.7. The van der Waals surface area contributed by atoms with Crippen LogP contribution >= 0.6 is 11.8 Å². The fourth-order valence-corrected chi connectivity index (χ4v) is 5.14. The number of thioether (sulfide) groups is 1. The van der Waals surface area contributed by atoms with Crippen molar-refractivity contribution in [1.29, 1.82) is 0 Å². The molecule has 0 heterocycles. The lowest BCUT2D eigenvalue weighted by molar-refractivity contribution is 0.0956. The van der Waals surface area contributed by atoms with Gasteiger partial charge in [-0.2, -0.15) is 11.8 Å². The molecule has 0 aliphatic carbocycles. The van der Waals surface area contributed by atoms with E-state index in [1.54, 1.807) is 61.2 Å². The van der Waals surface area contributed by atoms with Gasteiger partial charge in [0.05, 0.1) is 10.6 Å². The number of sulfonamides is 1. The number of hydrogen-bond acceptors (Lipinski definition) is 4. The number of carbonyl (C=O) groups excluding carboxylic acids is 1. The van der Waals surface area contributed by atoms with E-state index in [0.717, 1.165) is 22.6 Å². The third-order valence-corrected chi connectivity index (χ3v) is 7.52. The average Bonchev–Trinajstić information content (AvgIpc) is 2.76. The fourth-order valence-electron chi connectivity index (χ4n) is 3.09. The van der Waals surface area contributed by atoms with Gasteiger partial charge in [0.25, 0.3) is 15.9 Å². The van der Waals surface area contributed by atoms with E-state index >= 15 is 0 Å². The van der Waals surface area contributed by atoms with Crippen LogP contribution in [0.2, 0.25) is 0 Å². The van der Waals surface area contributed by atoms with E-state index in [1.165, 1.54) is 11.1 Å². The van der Waals surface area contributed by atoms with Crippen LogP contribution in [0.3, 0.4) is 0 Å². The van der Waals surface area contributed by atoms with E-state index in [0.29, 0.717) is 17.8 Å². The molecule has 0 radical (unpaired) electrons. The predicted octanol–water partition coefficient (Wildman–Crippen LogP) is 5.08. The van der Waals surface area contributed by atoms with Crippen molar-refractivity contribution in [3.63, 3.8) is 0 Å². The van der Waals surface area contributed by atoms with Crippen molar-refractivity contribution in [2.45, 2.75) is 31.4 Å². The first-order valence-corrected chi connectivity index (χ1v) is 13.0. The van der Waals surface area contributed by atoms with Crippen LogP contribution in [0.4, 0.5) is 5.69 Å². The molecular weight excluding hydrogens is 440 g/mol. The smallest absolute Gasteiger partial charge is 0.261 e. The molecule has 5 nitrogen and oxygen atoms in total. The largest absolute Gasteiger partial charge is 0.351 e. The normalized spacial score (nSPS) is 11.2. The van der Waals surface area contributed by atoms with Gasteiger partial charge in [0, 0.05) is 23.6 Å². The summed E-state index contributed by atoms with van der Waals surface area (Å²) in [6, 6.07) is 19.9. The molecule has 1 amide bonds. The molecular formula is C25H28N2O3S2. The fraction of sp³-hybridized carbons (Fsp3) is 0.240. The molecule has 0 aliphatic rings. The topological polar surface area (TPSA) is 75.3 Å².